The highest BCUT2D eigenvalue weighted by Crippen LogP contribution is 2.36. The molecule has 0 spiro atoms. The maximum atomic E-state index is 15.0. The third-order valence-electron chi connectivity index (χ3n) is 7.43. The number of aliphatic hydroxyl groups excluding tert-OH is 1. The molecule has 4 nitrogen and oxygen atoms in total. The molecule has 7 heteroatoms. The van der Waals surface area contributed by atoms with Gasteiger partial charge in [-0.15, -0.1) is 6.58 Å². The van der Waals surface area contributed by atoms with Gasteiger partial charge in [-0.2, -0.15) is 0 Å². The van der Waals surface area contributed by atoms with Gasteiger partial charge in [0.1, 0.15) is 6.10 Å². The second-order valence-corrected chi connectivity index (χ2v) is 10.2. The van der Waals surface area contributed by atoms with Crippen LogP contribution in [0.2, 0.25) is 0 Å². The van der Waals surface area contributed by atoms with Crippen molar-refractivity contribution >= 4 is 5.97 Å². The predicted octanol–water partition coefficient (Wildman–Crippen LogP) is 8.44. The van der Waals surface area contributed by atoms with E-state index < -0.39 is 41.2 Å². The first kappa shape index (κ1) is 29.4. The van der Waals surface area contributed by atoms with Gasteiger partial charge in [0.25, 0.3) is 0 Å². The minimum Gasteiger partial charge on any atom is -0.490 e. The van der Waals surface area contributed by atoms with Crippen molar-refractivity contribution in [2.75, 3.05) is 6.61 Å². The third-order valence-corrected chi connectivity index (χ3v) is 7.43. The van der Waals surface area contributed by atoms with Crippen LogP contribution < -0.4 is 4.74 Å². The van der Waals surface area contributed by atoms with E-state index in [0.717, 1.165) is 12.0 Å². The molecule has 0 radical (unpaired) electrons. The minimum atomic E-state index is -1.25. The van der Waals surface area contributed by atoms with Crippen molar-refractivity contribution in [3.63, 3.8) is 0 Å². The summed E-state index contributed by atoms with van der Waals surface area (Å²) in [7, 11) is 0. The average molecular weight is 553 g/mol. The Bertz CT molecular complexity index is 1310. The first-order chi connectivity index (χ1) is 19.3. The molecule has 0 saturated heterocycles. The van der Waals surface area contributed by atoms with E-state index in [9.17, 15) is 23.1 Å². The van der Waals surface area contributed by atoms with E-state index in [2.05, 4.69) is 6.58 Å². The second kappa shape index (κ2) is 13.7. The summed E-state index contributed by atoms with van der Waals surface area (Å²) >= 11 is 0. The molecule has 0 aromatic heterocycles. The lowest BCUT2D eigenvalue weighted by atomic mass is 9.82. The van der Waals surface area contributed by atoms with Crippen molar-refractivity contribution in [3.8, 4) is 16.9 Å². The van der Waals surface area contributed by atoms with Crippen molar-refractivity contribution in [2.24, 2.45) is 0 Å². The third kappa shape index (κ3) is 6.94. The number of hydrogen-bond donors (Lipinski definition) is 1. The van der Waals surface area contributed by atoms with E-state index in [1.807, 2.05) is 13.0 Å². The van der Waals surface area contributed by atoms with Gasteiger partial charge in [-0.3, -0.25) is 0 Å². The predicted molar refractivity (Wildman–Crippen MR) is 149 cm³/mol. The van der Waals surface area contributed by atoms with E-state index in [0.29, 0.717) is 56.3 Å². The second-order valence-electron chi connectivity index (χ2n) is 10.2. The van der Waals surface area contributed by atoms with Crippen molar-refractivity contribution in [2.45, 2.75) is 70.0 Å². The van der Waals surface area contributed by atoms with Crippen LogP contribution in [0.25, 0.3) is 11.1 Å². The quantitative estimate of drug-likeness (QED) is 0.147. The number of benzene rings is 3. The summed E-state index contributed by atoms with van der Waals surface area (Å²) in [6, 6.07) is 14.2. The molecule has 1 aliphatic rings. The molecule has 0 bridgehead atoms. The monoisotopic (exact) mass is 552 g/mol. The smallest absolute Gasteiger partial charge is 0.341 e. The first-order valence-corrected chi connectivity index (χ1v) is 13.8. The molecular weight excluding hydrogens is 517 g/mol. The van der Waals surface area contributed by atoms with E-state index in [1.54, 1.807) is 36.4 Å². The Morgan fingerprint density at radius 2 is 1.75 bits per heavy atom. The number of carbonyl (C=O) groups is 1. The summed E-state index contributed by atoms with van der Waals surface area (Å²) in [5, 5.41) is 10.1. The molecule has 4 rings (SSSR count). The Hall–Kier alpha value is -3.58. The van der Waals surface area contributed by atoms with Crippen LogP contribution in [0.4, 0.5) is 13.2 Å². The Morgan fingerprint density at radius 3 is 2.40 bits per heavy atom. The Labute approximate surface area is 233 Å². The Balaban J connectivity index is 1.35. The number of esters is 1. The van der Waals surface area contributed by atoms with Gasteiger partial charge in [0.2, 0.25) is 0 Å². The van der Waals surface area contributed by atoms with Crippen LogP contribution in [-0.4, -0.2) is 23.8 Å². The van der Waals surface area contributed by atoms with Gasteiger partial charge in [0, 0.05) is 5.56 Å². The summed E-state index contributed by atoms with van der Waals surface area (Å²) in [6.45, 7) is 5.95. The van der Waals surface area contributed by atoms with Gasteiger partial charge in [-0.25, -0.2) is 18.0 Å². The van der Waals surface area contributed by atoms with Crippen LogP contribution in [0.15, 0.2) is 67.3 Å². The molecule has 1 N–H and O–H groups in total. The number of halogens is 3. The normalized spacial score (nSPS) is 17.7. The molecule has 40 heavy (non-hydrogen) atoms. The lowest BCUT2D eigenvalue weighted by molar-refractivity contribution is 0.0189. The van der Waals surface area contributed by atoms with Gasteiger partial charge in [-0.05, 0) is 79.3 Å². The van der Waals surface area contributed by atoms with Gasteiger partial charge in [0.05, 0.1) is 18.3 Å². The standard InChI is InChI=1S/C33H35F3O4/c1-3-5-19-39-30-18-13-24(20-28(30)34)21-11-14-25(15-12-21)40-33(38)27-17-16-26(31(35)32(27)36)22-7-9-23(10-8-22)29(37)6-4-2/h3,7-10,13,16-18,20-21,25,29,37H,1,4-6,11-12,14-15,19H2,2H3. The maximum absolute atomic E-state index is 15.0. The summed E-state index contributed by atoms with van der Waals surface area (Å²) < 4.78 is 55.3. The summed E-state index contributed by atoms with van der Waals surface area (Å²) in [4.78, 5) is 12.7. The largest absolute Gasteiger partial charge is 0.490 e. The Morgan fingerprint density at radius 1 is 1.02 bits per heavy atom. The maximum Gasteiger partial charge on any atom is 0.341 e. The minimum absolute atomic E-state index is 0.0236. The van der Waals surface area contributed by atoms with Crippen LogP contribution in [0.5, 0.6) is 5.75 Å². The van der Waals surface area contributed by atoms with Crippen molar-refractivity contribution in [3.05, 3.63) is 101 Å². The van der Waals surface area contributed by atoms with E-state index in [-0.39, 0.29) is 17.2 Å². The number of ether oxygens (including phenoxy) is 2. The van der Waals surface area contributed by atoms with Gasteiger partial charge < -0.3 is 14.6 Å². The van der Waals surface area contributed by atoms with E-state index >= 15 is 0 Å². The molecule has 1 saturated carbocycles. The zero-order chi connectivity index (χ0) is 28.6. The number of aliphatic hydroxyl groups is 1. The molecule has 0 heterocycles. The van der Waals surface area contributed by atoms with Gasteiger partial charge in [0.15, 0.2) is 23.2 Å². The molecule has 212 valence electrons. The fourth-order valence-electron chi connectivity index (χ4n) is 5.12. The molecule has 1 aliphatic carbocycles. The molecule has 0 amide bonds. The summed E-state index contributed by atoms with van der Waals surface area (Å²) in [6.07, 6.45) is 5.14. The molecule has 3 aromatic rings. The topological polar surface area (TPSA) is 55.8 Å². The van der Waals surface area contributed by atoms with Crippen LogP contribution in [0.1, 0.15) is 85.4 Å². The summed E-state index contributed by atoms with van der Waals surface area (Å²) in [5.74, 6) is -3.39. The lowest BCUT2D eigenvalue weighted by Crippen LogP contribution is -2.24. The first-order valence-electron chi connectivity index (χ1n) is 13.8. The van der Waals surface area contributed by atoms with Crippen molar-refractivity contribution in [1.29, 1.82) is 0 Å². The highest BCUT2D eigenvalue weighted by atomic mass is 19.2. The Kier molecular flexibility index (Phi) is 10.0. The molecule has 3 aromatic carbocycles. The number of carbonyl (C=O) groups excluding carboxylic acids is 1. The lowest BCUT2D eigenvalue weighted by Gasteiger charge is -2.28. The number of rotatable bonds is 11. The molecule has 1 unspecified atom stereocenters. The van der Waals surface area contributed by atoms with E-state index in [1.165, 1.54) is 18.2 Å². The highest BCUT2D eigenvalue weighted by molar-refractivity contribution is 5.90. The fourth-order valence-corrected chi connectivity index (χ4v) is 5.12. The zero-order valence-corrected chi connectivity index (χ0v) is 22.7. The van der Waals surface area contributed by atoms with Crippen molar-refractivity contribution in [1.82, 2.24) is 0 Å². The molecule has 1 atom stereocenters. The van der Waals surface area contributed by atoms with Crippen LogP contribution in [0, 0.1) is 17.5 Å². The molecule has 1 fully saturated rings. The van der Waals surface area contributed by atoms with Crippen LogP contribution in [0.3, 0.4) is 0 Å². The molecule has 0 aliphatic heterocycles. The van der Waals surface area contributed by atoms with Crippen LogP contribution >= 0.6 is 0 Å². The number of hydrogen-bond acceptors (Lipinski definition) is 4. The van der Waals surface area contributed by atoms with Gasteiger partial charge >= 0.3 is 5.97 Å². The highest BCUT2D eigenvalue weighted by Gasteiger charge is 2.28. The average Bonchev–Trinajstić information content (AvgIpc) is 2.96. The zero-order valence-electron chi connectivity index (χ0n) is 22.7. The van der Waals surface area contributed by atoms with Crippen molar-refractivity contribution < 1.29 is 32.5 Å². The van der Waals surface area contributed by atoms with E-state index in [4.69, 9.17) is 9.47 Å². The summed E-state index contributed by atoms with van der Waals surface area (Å²) in [5.41, 5.74) is 1.57. The SMILES string of the molecule is C=CCCOc1ccc(C2CCC(OC(=O)c3ccc(-c4ccc(C(O)CCC)cc4)c(F)c3F)CC2)cc1F. The molecular formula is C33H35F3O4. The van der Waals surface area contributed by atoms with Crippen LogP contribution in [-0.2, 0) is 4.74 Å². The fraction of sp³-hybridized carbons (Fsp3) is 0.364. The van der Waals surface area contributed by atoms with Gasteiger partial charge in [-0.1, -0.05) is 55.8 Å².